The lowest BCUT2D eigenvalue weighted by Gasteiger charge is -2.34. The molecule has 1 aromatic rings. The number of likely N-dealkylation sites (tertiary alicyclic amines) is 1. The van der Waals surface area contributed by atoms with Gasteiger partial charge < -0.3 is 9.84 Å². The van der Waals surface area contributed by atoms with E-state index in [1.165, 1.54) is 32.1 Å². The quantitative estimate of drug-likeness (QED) is 0.850. The molecule has 2 aliphatic rings. The first-order valence-corrected chi connectivity index (χ1v) is 7.64. The molecule has 1 aromatic heterocycles. The minimum atomic E-state index is 0.556. The van der Waals surface area contributed by atoms with Gasteiger partial charge in [0.15, 0.2) is 5.82 Å². The molecule has 0 bridgehead atoms. The molecule has 5 heteroatoms. The maximum atomic E-state index is 5.34. The third-order valence-corrected chi connectivity index (χ3v) is 4.13. The summed E-state index contributed by atoms with van der Waals surface area (Å²) in [6.07, 6.45) is 6.34. The van der Waals surface area contributed by atoms with Crippen molar-refractivity contribution in [1.82, 2.24) is 20.4 Å². The third kappa shape index (κ3) is 3.34. The molecule has 1 unspecified atom stereocenters. The first kappa shape index (κ1) is 13.1. The average molecular weight is 264 g/mol. The Hall–Kier alpha value is -0.940. The lowest BCUT2D eigenvalue weighted by molar-refractivity contribution is 0.133. The molecule has 0 spiro atoms. The number of hydrogen-bond acceptors (Lipinski definition) is 5. The second-order valence-electron chi connectivity index (χ2n) is 5.75. The van der Waals surface area contributed by atoms with Gasteiger partial charge in [-0.25, -0.2) is 0 Å². The van der Waals surface area contributed by atoms with E-state index in [9.17, 15) is 0 Å². The van der Waals surface area contributed by atoms with Crippen LogP contribution in [-0.4, -0.2) is 40.7 Å². The molecular formula is C14H24N4O. The highest BCUT2D eigenvalue weighted by molar-refractivity contribution is 5.02. The maximum Gasteiger partial charge on any atom is 0.229 e. The van der Waals surface area contributed by atoms with Crippen LogP contribution in [0.15, 0.2) is 4.52 Å². The lowest BCUT2D eigenvalue weighted by atomic mass is 10.0. The minimum absolute atomic E-state index is 0.556. The van der Waals surface area contributed by atoms with E-state index in [0.717, 1.165) is 37.9 Å². The zero-order chi connectivity index (χ0) is 13.1. The fourth-order valence-electron chi connectivity index (χ4n) is 2.82. The molecule has 5 nitrogen and oxygen atoms in total. The van der Waals surface area contributed by atoms with Gasteiger partial charge in [0, 0.05) is 18.5 Å². The molecule has 1 saturated carbocycles. The van der Waals surface area contributed by atoms with Crippen molar-refractivity contribution < 1.29 is 4.52 Å². The molecule has 0 radical (unpaired) electrons. The summed E-state index contributed by atoms with van der Waals surface area (Å²) in [4.78, 5) is 7.05. The number of hydrogen-bond donors (Lipinski definition) is 1. The Morgan fingerprint density at radius 3 is 3.00 bits per heavy atom. The fraction of sp³-hybridized carbons (Fsp3) is 0.857. The van der Waals surface area contributed by atoms with Crippen LogP contribution in [0.4, 0.5) is 0 Å². The Morgan fingerprint density at radius 2 is 2.21 bits per heavy atom. The molecule has 3 rings (SSSR count). The normalized spacial score (nSPS) is 24.8. The second-order valence-corrected chi connectivity index (χ2v) is 5.75. The van der Waals surface area contributed by atoms with Crippen LogP contribution >= 0.6 is 0 Å². The summed E-state index contributed by atoms with van der Waals surface area (Å²) in [6, 6.07) is 0.622. The highest BCUT2D eigenvalue weighted by atomic mass is 16.5. The van der Waals surface area contributed by atoms with Crippen molar-refractivity contribution >= 4 is 0 Å². The van der Waals surface area contributed by atoms with Gasteiger partial charge in [0.1, 0.15) is 0 Å². The third-order valence-electron chi connectivity index (χ3n) is 4.13. The van der Waals surface area contributed by atoms with Gasteiger partial charge in [0.25, 0.3) is 0 Å². The zero-order valence-electron chi connectivity index (χ0n) is 11.8. The van der Waals surface area contributed by atoms with Gasteiger partial charge in [-0.05, 0) is 38.8 Å². The van der Waals surface area contributed by atoms with Crippen molar-refractivity contribution in [3.63, 3.8) is 0 Å². The van der Waals surface area contributed by atoms with E-state index < -0.39 is 0 Å². The highest BCUT2D eigenvalue weighted by Gasteiger charge is 2.30. The number of nitrogens with one attached hydrogen (secondary N) is 1. The average Bonchev–Trinajstić information content (AvgIpc) is 3.19. The minimum Gasteiger partial charge on any atom is -0.339 e. The molecule has 1 atom stereocenters. The van der Waals surface area contributed by atoms with Gasteiger partial charge >= 0.3 is 0 Å². The smallest absolute Gasteiger partial charge is 0.229 e. The Balaban J connectivity index is 1.58. The fourth-order valence-corrected chi connectivity index (χ4v) is 2.82. The number of piperidine rings is 1. The molecule has 1 aliphatic carbocycles. The van der Waals surface area contributed by atoms with E-state index in [1.807, 2.05) is 0 Å². The number of likely N-dealkylation sites (N-methyl/N-ethyl adjacent to an activating group) is 1. The standard InChI is InChI=1S/C14H24N4O/c1-2-15-9-12-5-3-4-8-18(12)10-13-16-14(19-17-13)11-6-7-11/h11-12,15H,2-10H2,1H3. The molecule has 2 heterocycles. The van der Waals surface area contributed by atoms with Crippen molar-refractivity contribution in [2.45, 2.75) is 57.5 Å². The van der Waals surface area contributed by atoms with Crippen LogP contribution in [0, 0.1) is 0 Å². The first-order chi connectivity index (χ1) is 9.36. The van der Waals surface area contributed by atoms with Crippen LogP contribution in [0.3, 0.4) is 0 Å². The monoisotopic (exact) mass is 264 g/mol. The summed E-state index contributed by atoms with van der Waals surface area (Å²) in [7, 11) is 0. The molecular weight excluding hydrogens is 240 g/mol. The summed E-state index contributed by atoms with van der Waals surface area (Å²) >= 11 is 0. The van der Waals surface area contributed by atoms with Crippen LogP contribution < -0.4 is 5.32 Å². The lowest BCUT2D eigenvalue weighted by Crippen LogP contribution is -2.45. The summed E-state index contributed by atoms with van der Waals surface area (Å²) in [5.41, 5.74) is 0. The van der Waals surface area contributed by atoms with Crippen molar-refractivity contribution in [2.24, 2.45) is 0 Å². The number of aromatic nitrogens is 2. The molecule has 19 heavy (non-hydrogen) atoms. The van der Waals surface area contributed by atoms with Crippen LogP contribution in [0.1, 0.15) is 56.7 Å². The molecule has 1 saturated heterocycles. The summed E-state index contributed by atoms with van der Waals surface area (Å²) in [5, 5.41) is 7.60. The van der Waals surface area contributed by atoms with Crippen molar-refractivity contribution in [2.75, 3.05) is 19.6 Å². The van der Waals surface area contributed by atoms with Crippen LogP contribution in [-0.2, 0) is 6.54 Å². The summed E-state index contributed by atoms with van der Waals surface area (Å²) in [5.74, 6) is 2.28. The van der Waals surface area contributed by atoms with Crippen LogP contribution in [0.5, 0.6) is 0 Å². The van der Waals surface area contributed by atoms with E-state index in [2.05, 4.69) is 27.3 Å². The second kappa shape index (κ2) is 6.01. The van der Waals surface area contributed by atoms with E-state index in [-0.39, 0.29) is 0 Å². The van der Waals surface area contributed by atoms with Crippen molar-refractivity contribution in [1.29, 1.82) is 0 Å². The Labute approximate surface area is 114 Å². The predicted molar refractivity (Wildman–Crippen MR) is 72.9 cm³/mol. The molecule has 2 fully saturated rings. The van der Waals surface area contributed by atoms with Gasteiger partial charge in [0.2, 0.25) is 5.89 Å². The SMILES string of the molecule is CCNCC1CCCCN1Cc1noc(C2CC2)n1. The maximum absolute atomic E-state index is 5.34. The molecule has 106 valence electrons. The van der Waals surface area contributed by atoms with Crippen LogP contribution in [0.2, 0.25) is 0 Å². The van der Waals surface area contributed by atoms with Gasteiger partial charge in [-0.1, -0.05) is 18.5 Å². The Kier molecular flexibility index (Phi) is 4.13. The van der Waals surface area contributed by atoms with Crippen LogP contribution in [0.25, 0.3) is 0 Å². The molecule has 0 aromatic carbocycles. The molecule has 0 amide bonds. The van der Waals surface area contributed by atoms with Gasteiger partial charge in [-0.15, -0.1) is 0 Å². The number of rotatable bonds is 6. The predicted octanol–water partition coefficient (Wildman–Crippen LogP) is 1.91. The zero-order valence-corrected chi connectivity index (χ0v) is 11.8. The van der Waals surface area contributed by atoms with Crippen molar-refractivity contribution in [3.05, 3.63) is 11.7 Å². The Morgan fingerprint density at radius 1 is 1.32 bits per heavy atom. The summed E-state index contributed by atoms with van der Waals surface area (Å²) in [6.45, 7) is 6.27. The number of nitrogens with zero attached hydrogens (tertiary/aromatic N) is 3. The molecule has 1 N–H and O–H groups in total. The van der Waals surface area contributed by atoms with E-state index in [0.29, 0.717) is 12.0 Å². The first-order valence-electron chi connectivity index (χ1n) is 7.64. The van der Waals surface area contributed by atoms with E-state index in [4.69, 9.17) is 4.52 Å². The van der Waals surface area contributed by atoms with Gasteiger partial charge in [0.05, 0.1) is 6.54 Å². The van der Waals surface area contributed by atoms with Gasteiger partial charge in [-0.3, -0.25) is 4.90 Å². The topological polar surface area (TPSA) is 54.2 Å². The van der Waals surface area contributed by atoms with E-state index >= 15 is 0 Å². The highest BCUT2D eigenvalue weighted by Crippen LogP contribution is 2.38. The summed E-state index contributed by atoms with van der Waals surface area (Å²) < 4.78 is 5.34. The largest absolute Gasteiger partial charge is 0.339 e. The van der Waals surface area contributed by atoms with Crippen molar-refractivity contribution in [3.8, 4) is 0 Å². The Bertz CT molecular complexity index is 402. The molecule has 1 aliphatic heterocycles. The van der Waals surface area contributed by atoms with Gasteiger partial charge in [-0.2, -0.15) is 4.98 Å². The van der Waals surface area contributed by atoms with E-state index in [1.54, 1.807) is 0 Å².